The summed E-state index contributed by atoms with van der Waals surface area (Å²) in [6, 6.07) is 12.4. The molecule has 0 aliphatic rings. The van der Waals surface area contributed by atoms with Crippen molar-refractivity contribution < 1.29 is 5.03 Å². The minimum atomic E-state index is -0.710. The second-order valence-corrected chi connectivity index (χ2v) is 4.02. The quantitative estimate of drug-likeness (QED) is 0.630. The molecule has 0 atom stereocenters. The lowest BCUT2D eigenvalue weighted by Gasteiger charge is -2.07. The van der Waals surface area contributed by atoms with Crippen molar-refractivity contribution in [2.75, 3.05) is 0 Å². The molecule has 1 heterocycles. The summed E-state index contributed by atoms with van der Waals surface area (Å²) >= 11 is 6.05. The number of nitrogens with zero attached hydrogens (tertiary/aromatic N) is 3. The van der Waals surface area contributed by atoms with E-state index in [0.29, 0.717) is 11.6 Å². The highest BCUT2D eigenvalue weighted by molar-refractivity contribution is 6.31. The molecule has 0 saturated heterocycles. The predicted molar refractivity (Wildman–Crippen MR) is 67.5 cm³/mol. The predicted octanol–water partition coefficient (Wildman–Crippen LogP) is 2.28. The van der Waals surface area contributed by atoms with E-state index in [4.69, 9.17) is 11.6 Å². The van der Waals surface area contributed by atoms with Crippen molar-refractivity contribution in [1.29, 1.82) is 0 Å². The molecule has 18 heavy (non-hydrogen) atoms. The molecule has 0 fully saturated rings. The Labute approximate surface area is 108 Å². The highest BCUT2D eigenvalue weighted by Gasteiger charge is 2.02. The van der Waals surface area contributed by atoms with E-state index in [1.807, 2.05) is 18.2 Å². The number of benzene rings is 1. The van der Waals surface area contributed by atoms with Gasteiger partial charge >= 0.3 is 0 Å². The smallest absolute Gasteiger partial charge is 0.207 e. The average molecular weight is 264 g/mol. The molecule has 1 aromatic heterocycles. The van der Waals surface area contributed by atoms with Crippen LogP contribution >= 0.6 is 11.6 Å². The first-order valence-electron chi connectivity index (χ1n) is 5.25. The number of hydrogen-bond acceptors (Lipinski definition) is 2. The Morgan fingerprint density at radius 2 is 1.94 bits per heavy atom. The Hall–Kier alpha value is -2.14. The zero-order valence-corrected chi connectivity index (χ0v) is 10.1. The third-order valence-electron chi connectivity index (χ3n) is 2.40. The molecule has 1 aromatic carbocycles. The molecule has 0 unspecified atom stereocenters. The van der Waals surface area contributed by atoms with Crippen LogP contribution in [-0.2, 0) is 6.54 Å². The number of aromatic nitrogens is 1. The van der Waals surface area contributed by atoms with Crippen LogP contribution in [0.4, 0.5) is 0 Å². The maximum absolute atomic E-state index is 10.4. The number of hydrogen-bond donors (Lipinski definition) is 0. The van der Waals surface area contributed by atoms with Gasteiger partial charge in [0.1, 0.15) is 0 Å². The third kappa shape index (κ3) is 2.95. The fourth-order valence-corrected chi connectivity index (χ4v) is 1.78. The van der Waals surface area contributed by atoms with Crippen molar-refractivity contribution in [3.63, 3.8) is 0 Å². The van der Waals surface area contributed by atoms with E-state index >= 15 is 0 Å². The Kier molecular flexibility index (Phi) is 3.74. The molecular formula is C12H10ClN3O2. The SMILES string of the molecule is O=[N+]([O-])/N=c1\ccccn1Cc1ccccc1Cl. The Morgan fingerprint density at radius 1 is 1.22 bits per heavy atom. The van der Waals surface area contributed by atoms with Gasteiger partial charge in [-0.2, -0.15) is 0 Å². The minimum Gasteiger partial charge on any atom is -0.323 e. The molecule has 0 saturated carbocycles. The van der Waals surface area contributed by atoms with E-state index in [1.165, 1.54) is 0 Å². The Morgan fingerprint density at radius 3 is 2.67 bits per heavy atom. The molecule has 0 N–H and O–H groups in total. The van der Waals surface area contributed by atoms with Crippen molar-refractivity contribution >= 4 is 11.6 Å². The molecule has 0 bridgehead atoms. The summed E-state index contributed by atoms with van der Waals surface area (Å²) in [6.07, 6.45) is 1.73. The number of rotatable bonds is 3. The molecule has 0 radical (unpaired) electrons. The van der Waals surface area contributed by atoms with Crippen LogP contribution in [0.1, 0.15) is 5.56 Å². The molecule has 5 nitrogen and oxygen atoms in total. The highest BCUT2D eigenvalue weighted by Crippen LogP contribution is 2.15. The molecule has 0 spiro atoms. The second kappa shape index (κ2) is 5.46. The summed E-state index contributed by atoms with van der Waals surface area (Å²) in [7, 11) is 0. The van der Waals surface area contributed by atoms with Crippen molar-refractivity contribution in [2.45, 2.75) is 6.54 Å². The maximum atomic E-state index is 10.4. The van der Waals surface area contributed by atoms with Crippen LogP contribution in [0.2, 0.25) is 5.02 Å². The normalized spacial score (nSPS) is 11.5. The van der Waals surface area contributed by atoms with Gasteiger partial charge in [0.2, 0.25) is 5.49 Å². The van der Waals surface area contributed by atoms with Crippen LogP contribution in [0.3, 0.4) is 0 Å². The van der Waals surface area contributed by atoms with Crippen molar-refractivity contribution in [3.8, 4) is 0 Å². The van der Waals surface area contributed by atoms with Gasteiger partial charge in [0.25, 0.3) is 0 Å². The van der Waals surface area contributed by atoms with Gasteiger partial charge in [0, 0.05) is 11.2 Å². The van der Waals surface area contributed by atoms with Gasteiger partial charge in [-0.3, -0.25) is 0 Å². The van der Waals surface area contributed by atoms with Crippen LogP contribution < -0.4 is 5.49 Å². The maximum Gasteiger partial charge on any atom is 0.207 e. The van der Waals surface area contributed by atoms with Crippen molar-refractivity contribution in [2.24, 2.45) is 5.10 Å². The summed E-state index contributed by atoms with van der Waals surface area (Å²) in [5.41, 5.74) is 1.16. The van der Waals surface area contributed by atoms with Crippen LogP contribution in [0, 0.1) is 10.1 Å². The van der Waals surface area contributed by atoms with E-state index in [0.717, 1.165) is 5.56 Å². The molecule has 0 aliphatic carbocycles. The first kappa shape index (κ1) is 12.3. The van der Waals surface area contributed by atoms with E-state index in [2.05, 4.69) is 5.10 Å². The van der Waals surface area contributed by atoms with Gasteiger partial charge in [-0.05, 0) is 23.8 Å². The number of nitro groups is 1. The number of halogens is 1. The van der Waals surface area contributed by atoms with Crippen LogP contribution in [0.15, 0.2) is 53.8 Å². The molecule has 2 aromatic rings. The Bertz CT molecular complexity index is 637. The lowest BCUT2D eigenvalue weighted by atomic mass is 10.2. The summed E-state index contributed by atoms with van der Waals surface area (Å²) in [5, 5.41) is 13.7. The summed E-state index contributed by atoms with van der Waals surface area (Å²) < 4.78 is 1.67. The zero-order chi connectivity index (χ0) is 13.0. The average Bonchev–Trinajstić information content (AvgIpc) is 2.34. The molecule has 2 rings (SSSR count). The van der Waals surface area contributed by atoms with Crippen LogP contribution in [0.25, 0.3) is 0 Å². The van der Waals surface area contributed by atoms with Crippen molar-refractivity contribution in [3.05, 3.63) is 74.8 Å². The minimum absolute atomic E-state index is 0.280. The molecule has 0 aliphatic heterocycles. The summed E-state index contributed by atoms with van der Waals surface area (Å²) in [5.74, 6) is 0. The fraction of sp³-hybridized carbons (Fsp3) is 0.0833. The summed E-state index contributed by atoms with van der Waals surface area (Å²) in [6.45, 7) is 0.438. The van der Waals surface area contributed by atoms with E-state index in [-0.39, 0.29) is 5.49 Å². The lowest BCUT2D eigenvalue weighted by molar-refractivity contribution is -0.490. The third-order valence-corrected chi connectivity index (χ3v) is 2.77. The van der Waals surface area contributed by atoms with Gasteiger partial charge in [-0.25, -0.2) is 10.1 Å². The first-order valence-corrected chi connectivity index (χ1v) is 5.62. The molecule has 6 heteroatoms. The van der Waals surface area contributed by atoms with E-state index in [1.54, 1.807) is 35.0 Å². The van der Waals surface area contributed by atoms with Crippen LogP contribution in [0.5, 0.6) is 0 Å². The molecule has 92 valence electrons. The zero-order valence-electron chi connectivity index (χ0n) is 9.36. The van der Waals surface area contributed by atoms with Gasteiger partial charge in [-0.1, -0.05) is 35.9 Å². The fourth-order valence-electron chi connectivity index (χ4n) is 1.59. The standard InChI is InChI=1S/C12H10ClN3O2/c13-11-6-2-1-5-10(11)9-15-8-4-3-7-12(15)14-16(17)18/h1-8H,9H2/b14-12+. The van der Waals surface area contributed by atoms with E-state index in [9.17, 15) is 10.1 Å². The largest absolute Gasteiger partial charge is 0.323 e. The van der Waals surface area contributed by atoms with Gasteiger partial charge in [0.15, 0.2) is 5.03 Å². The number of pyridine rings is 1. The van der Waals surface area contributed by atoms with Gasteiger partial charge in [0.05, 0.1) is 11.6 Å². The molecule has 0 amide bonds. The monoisotopic (exact) mass is 263 g/mol. The van der Waals surface area contributed by atoms with Crippen LogP contribution in [-0.4, -0.2) is 9.60 Å². The Balaban J connectivity index is 2.42. The lowest BCUT2D eigenvalue weighted by Crippen LogP contribution is -2.21. The molecular weight excluding hydrogens is 254 g/mol. The highest BCUT2D eigenvalue weighted by atomic mass is 35.5. The second-order valence-electron chi connectivity index (χ2n) is 3.62. The van der Waals surface area contributed by atoms with Gasteiger partial charge < -0.3 is 4.57 Å². The van der Waals surface area contributed by atoms with E-state index < -0.39 is 5.03 Å². The topological polar surface area (TPSA) is 60.4 Å². The first-order chi connectivity index (χ1) is 8.66. The van der Waals surface area contributed by atoms with Gasteiger partial charge in [-0.15, -0.1) is 0 Å². The van der Waals surface area contributed by atoms with Crippen molar-refractivity contribution in [1.82, 2.24) is 4.57 Å². The summed E-state index contributed by atoms with van der Waals surface area (Å²) in [4.78, 5) is 10.4.